The van der Waals surface area contributed by atoms with E-state index >= 15 is 0 Å². The third kappa shape index (κ3) is 3.27. The van der Waals surface area contributed by atoms with E-state index in [9.17, 15) is 22.8 Å². The lowest BCUT2D eigenvalue weighted by Gasteiger charge is -2.10. The minimum absolute atomic E-state index is 0.114. The van der Waals surface area contributed by atoms with Crippen molar-refractivity contribution in [1.82, 2.24) is 0 Å². The minimum atomic E-state index is -5.21. The summed E-state index contributed by atoms with van der Waals surface area (Å²) in [6.45, 7) is 0. The van der Waals surface area contributed by atoms with E-state index in [1.54, 1.807) is 0 Å². The molecule has 0 aromatic heterocycles. The quantitative estimate of drug-likeness (QED) is 0.674. The predicted molar refractivity (Wildman–Crippen MR) is 56.7 cm³/mol. The van der Waals surface area contributed by atoms with Gasteiger partial charge >= 0.3 is 12.1 Å². The average Bonchev–Trinajstić information content (AvgIpc) is 2.21. The first-order valence-electron chi connectivity index (χ1n) is 4.20. The van der Waals surface area contributed by atoms with E-state index in [-0.39, 0.29) is 10.0 Å². The number of esters is 1. The molecule has 0 aliphatic rings. The summed E-state index contributed by atoms with van der Waals surface area (Å²) in [5, 5.41) is -0.302. The van der Waals surface area contributed by atoms with Crippen molar-refractivity contribution in [2.75, 3.05) is 0 Å². The van der Waals surface area contributed by atoms with Crippen molar-refractivity contribution < 1.29 is 27.5 Å². The lowest BCUT2D eigenvalue weighted by molar-refractivity contribution is -0.189. The smallest absolute Gasteiger partial charge is 0.419 e. The van der Waals surface area contributed by atoms with Crippen LogP contribution < -0.4 is 10.5 Å². The second-order valence-electron chi connectivity index (χ2n) is 3.01. The molecule has 1 amide bonds. The van der Waals surface area contributed by atoms with Gasteiger partial charge in [0.2, 0.25) is 0 Å². The molecule has 0 fully saturated rings. The Hall–Kier alpha value is -1.47. The molecule has 1 aromatic rings. The number of halogens is 5. The molecule has 1 rings (SSSR count). The molecule has 0 unspecified atom stereocenters. The number of nitrogens with two attached hydrogens (primary N) is 1. The number of carbonyl (C=O) groups is 2. The summed E-state index contributed by atoms with van der Waals surface area (Å²) in [6, 6.07) is 1.71. The van der Waals surface area contributed by atoms with Crippen molar-refractivity contribution in [3.05, 3.63) is 27.7 Å². The summed E-state index contributed by atoms with van der Waals surface area (Å²) in [4.78, 5) is 21.6. The first-order chi connectivity index (χ1) is 8.12. The van der Waals surface area contributed by atoms with E-state index in [4.69, 9.17) is 28.9 Å². The molecule has 0 aliphatic carbocycles. The summed E-state index contributed by atoms with van der Waals surface area (Å²) in [7, 11) is 0. The van der Waals surface area contributed by atoms with Crippen molar-refractivity contribution in [2.24, 2.45) is 5.73 Å². The maximum Gasteiger partial charge on any atom is 0.491 e. The average molecular weight is 302 g/mol. The summed E-state index contributed by atoms with van der Waals surface area (Å²) in [5.41, 5.74) is 4.42. The molecule has 0 bridgehead atoms. The van der Waals surface area contributed by atoms with Crippen LogP contribution in [0.25, 0.3) is 0 Å². The van der Waals surface area contributed by atoms with Gasteiger partial charge in [-0.1, -0.05) is 23.2 Å². The van der Waals surface area contributed by atoms with Gasteiger partial charge in [0.15, 0.2) is 0 Å². The Balaban J connectivity index is 3.20. The number of hydrogen-bond donors (Lipinski definition) is 1. The first kappa shape index (κ1) is 14.6. The lowest BCUT2D eigenvalue weighted by Crippen LogP contribution is -2.29. The van der Waals surface area contributed by atoms with Crippen molar-refractivity contribution in [2.45, 2.75) is 6.18 Å². The normalized spacial score (nSPS) is 11.2. The fourth-order valence-corrected chi connectivity index (χ4v) is 1.28. The third-order valence-electron chi connectivity index (χ3n) is 1.72. The van der Waals surface area contributed by atoms with Crippen LogP contribution in [0, 0.1) is 0 Å². The van der Waals surface area contributed by atoms with Gasteiger partial charge < -0.3 is 10.5 Å². The Morgan fingerprint density at radius 2 is 1.67 bits per heavy atom. The van der Waals surface area contributed by atoms with E-state index in [0.717, 1.165) is 12.1 Å². The van der Waals surface area contributed by atoms with Gasteiger partial charge in [0.05, 0.1) is 15.6 Å². The van der Waals surface area contributed by atoms with Crippen LogP contribution in [0.3, 0.4) is 0 Å². The first-order valence-corrected chi connectivity index (χ1v) is 4.96. The van der Waals surface area contributed by atoms with Crippen LogP contribution in [-0.2, 0) is 4.79 Å². The zero-order chi connectivity index (χ0) is 14.1. The number of alkyl halides is 3. The van der Waals surface area contributed by atoms with Crippen LogP contribution in [-0.4, -0.2) is 18.1 Å². The Morgan fingerprint density at radius 3 is 2.11 bits per heavy atom. The van der Waals surface area contributed by atoms with Gasteiger partial charge in [0, 0.05) is 6.07 Å². The largest absolute Gasteiger partial charge is 0.491 e. The Labute approximate surface area is 108 Å². The van der Waals surface area contributed by atoms with Gasteiger partial charge in [-0.2, -0.15) is 13.2 Å². The van der Waals surface area contributed by atoms with Gasteiger partial charge in [-0.05, 0) is 6.07 Å². The lowest BCUT2D eigenvalue weighted by atomic mass is 10.2. The van der Waals surface area contributed by atoms with Crippen LogP contribution in [0.1, 0.15) is 10.4 Å². The second-order valence-corrected chi connectivity index (χ2v) is 3.83. The number of rotatable bonds is 2. The maximum absolute atomic E-state index is 12.0. The SMILES string of the molecule is NC(=O)c1cc(Cl)c(Cl)cc1OC(=O)C(F)(F)F. The van der Waals surface area contributed by atoms with Gasteiger partial charge in [-0.25, -0.2) is 4.79 Å². The van der Waals surface area contributed by atoms with E-state index in [2.05, 4.69) is 4.74 Å². The molecule has 0 saturated carbocycles. The molecule has 0 aliphatic heterocycles. The number of benzene rings is 1. The number of ether oxygens (including phenoxy) is 1. The molecule has 0 spiro atoms. The highest BCUT2D eigenvalue weighted by molar-refractivity contribution is 6.42. The predicted octanol–water partition coefficient (Wildman–Crippen LogP) is 2.56. The van der Waals surface area contributed by atoms with Crippen LogP contribution in [0.4, 0.5) is 13.2 Å². The summed E-state index contributed by atoms with van der Waals surface area (Å²) in [5.74, 6) is -4.32. The van der Waals surface area contributed by atoms with E-state index in [0.29, 0.717) is 0 Å². The van der Waals surface area contributed by atoms with Crippen LogP contribution in [0.2, 0.25) is 10.0 Å². The third-order valence-corrected chi connectivity index (χ3v) is 2.44. The molecule has 0 saturated heterocycles. The fourth-order valence-electron chi connectivity index (χ4n) is 0.963. The van der Waals surface area contributed by atoms with Gasteiger partial charge in [-0.3, -0.25) is 4.79 Å². The van der Waals surface area contributed by atoms with Crippen molar-refractivity contribution in [1.29, 1.82) is 0 Å². The van der Waals surface area contributed by atoms with Crippen LogP contribution in [0.5, 0.6) is 5.75 Å². The Morgan fingerprint density at radius 1 is 1.17 bits per heavy atom. The standard InChI is InChI=1S/C9H4Cl2F3NO3/c10-4-1-3(7(15)16)6(2-5(4)11)18-8(17)9(12,13)14/h1-2H,(H2,15,16). The second kappa shape index (κ2) is 5.03. The summed E-state index contributed by atoms with van der Waals surface area (Å²) < 4.78 is 40.0. The highest BCUT2D eigenvalue weighted by Crippen LogP contribution is 2.31. The van der Waals surface area contributed by atoms with Gasteiger partial charge in [0.1, 0.15) is 5.75 Å². The molecular weight excluding hydrogens is 298 g/mol. The molecule has 2 N–H and O–H groups in total. The summed E-state index contributed by atoms with van der Waals surface area (Å²) in [6.07, 6.45) is -5.21. The number of hydrogen-bond acceptors (Lipinski definition) is 3. The number of amides is 1. The van der Waals surface area contributed by atoms with Crippen LogP contribution >= 0.6 is 23.2 Å². The molecule has 1 aromatic carbocycles. The Kier molecular flexibility index (Phi) is 4.08. The number of primary amides is 1. The molecule has 9 heteroatoms. The highest BCUT2D eigenvalue weighted by atomic mass is 35.5. The maximum atomic E-state index is 12.0. The van der Waals surface area contributed by atoms with Crippen molar-refractivity contribution in [3.63, 3.8) is 0 Å². The molecule has 0 radical (unpaired) electrons. The van der Waals surface area contributed by atoms with Crippen molar-refractivity contribution >= 4 is 35.1 Å². The molecule has 18 heavy (non-hydrogen) atoms. The van der Waals surface area contributed by atoms with E-state index in [1.807, 2.05) is 0 Å². The zero-order valence-corrected chi connectivity index (χ0v) is 9.86. The molecule has 0 atom stereocenters. The molecule has 0 heterocycles. The van der Waals surface area contributed by atoms with Crippen molar-refractivity contribution in [3.8, 4) is 5.75 Å². The Bertz CT molecular complexity index is 517. The van der Waals surface area contributed by atoms with E-state index < -0.39 is 29.4 Å². The monoisotopic (exact) mass is 301 g/mol. The van der Waals surface area contributed by atoms with Gasteiger partial charge in [-0.15, -0.1) is 0 Å². The van der Waals surface area contributed by atoms with Gasteiger partial charge in [0.25, 0.3) is 5.91 Å². The molecular formula is C9H4Cl2F3NO3. The zero-order valence-electron chi connectivity index (χ0n) is 8.35. The highest BCUT2D eigenvalue weighted by Gasteiger charge is 2.42. The van der Waals surface area contributed by atoms with E-state index in [1.165, 1.54) is 0 Å². The number of carbonyl (C=O) groups excluding carboxylic acids is 2. The fraction of sp³-hybridized carbons (Fsp3) is 0.111. The minimum Gasteiger partial charge on any atom is -0.419 e. The van der Waals surface area contributed by atoms with Crippen LogP contribution in [0.15, 0.2) is 12.1 Å². The molecule has 4 nitrogen and oxygen atoms in total. The summed E-state index contributed by atoms with van der Waals surface area (Å²) >= 11 is 11.1. The topological polar surface area (TPSA) is 69.4 Å². The molecule has 98 valence electrons.